The lowest BCUT2D eigenvalue weighted by Gasteiger charge is -2.22. The van der Waals surface area contributed by atoms with Crippen LogP contribution in [-0.2, 0) is 14.3 Å². The predicted molar refractivity (Wildman–Crippen MR) is 58.6 cm³/mol. The molecule has 4 heteroatoms. The number of hydrogen-bond acceptors (Lipinski definition) is 3. The van der Waals surface area contributed by atoms with Gasteiger partial charge >= 0.3 is 5.97 Å². The molecule has 90 valence electrons. The Morgan fingerprint density at radius 3 is 1.73 bits per heavy atom. The van der Waals surface area contributed by atoms with E-state index in [2.05, 4.69) is 0 Å². The van der Waals surface area contributed by atoms with Crippen LogP contribution in [0.25, 0.3) is 0 Å². The van der Waals surface area contributed by atoms with Gasteiger partial charge in [-0.15, -0.1) is 0 Å². The molecular weight excluding hydrogens is 196 g/mol. The highest BCUT2D eigenvalue weighted by Crippen LogP contribution is 2.19. The van der Waals surface area contributed by atoms with Crippen LogP contribution in [0.15, 0.2) is 0 Å². The molecule has 0 fully saturated rings. The van der Waals surface area contributed by atoms with E-state index in [-0.39, 0.29) is 23.3 Å². The summed E-state index contributed by atoms with van der Waals surface area (Å²) in [4.78, 5) is 19.7. The molecule has 1 N–H and O–H groups in total. The summed E-state index contributed by atoms with van der Waals surface area (Å²) >= 11 is 0. The molecule has 0 saturated carbocycles. The maximum Gasteiger partial charge on any atom is 0.311 e. The van der Waals surface area contributed by atoms with Gasteiger partial charge in [-0.3, -0.25) is 9.59 Å². The number of esters is 1. The zero-order valence-electron chi connectivity index (χ0n) is 10.5. The maximum absolute atomic E-state index is 11.3. The van der Waals surface area contributed by atoms with Crippen LogP contribution in [0.5, 0.6) is 0 Å². The first kappa shape index (κ1) is 16.4. The summed E-state index contributed by atoms with van der Waals surface area (Å²) in [5.41, 5.74) is -0.327. The number of carbonyl (C=O) groups excluding carboxylic acids is 1. The van der Waals surface area contributed by atoms with Crippen molar-refractivity contribution in [3.63, 3.8) is 0 Å². The van der Waals surface area contributed by atoms with Crippen molar-refractivity contribution in [2.75, 3.05) is 6.61 Å². The summed E-state index contributed by atoms with van der Waals surface area (Å²) in [5, 5.41) is 6.89. The van der Waals surface area contributed by atoms with E-state index < -0.39 is 0 Å². The zero-order chi connectivity index (χ0) is 12.7. The molecule has 0 aliphatic rings. The van der Waals surface area contributed by atoms with E-state index in [0.29, 0.717) is 6.61 Å². The van der Waals surface area contributed by atoms with Crippen molar-refractivity contribution in [3.8, 4) is 0 Å². The molecule has 15 heavy (non-hydrogen) atoms. The predicted octanol–water partition coefficient (Wildman–Crippen LogP) is 2.32. The van der Waals surface area contributed by atoms with E-state index in [1.165, 1.54) is 0 Å². The van der Waals surface area contributed by atoms with Crippen LogP contribution >= 0.6 is 0 Å². The minimum Gasteiger partial charge on any atom is -0.483 e. The van der Waals surface area contributed by atoms with Gasteiger partial charge in [-0.05, 0) is 26.2 Å². The normalized spacial score (nSPS) is 11.1. The smallest absolute Gasteiger partial charge is 0.311 e. The Labute approximate surface area is 91.6 Å². The molecule has 4 nitrogen and oxygen atoms in total. The Bertz CT molecular complexity index is 196. The first-order valence-corrected chi connectivity index (χ1v) is 4.79. The topological polar surface area (TPSA) is 63.6 Å². The van der Waals surface area contributed by atoms with Crippen LogP contribution in [0.2, 0.25) is 0 Å². The summed E-state index contributed by atoms with van der Waals surface area (Å²) in [7, 11) is 0. The van der Waals surface area contributed by atoms with E-state index in [4.69, 9.17) is 14.6 Å². The summed E-state index contributed by atoms with van der Waals surface area (Å²) in [6.07, 6.45) is 0. The lowest BCUT2D eigenvalue weighted by atomic mass is 9.96. The Kier molecular flexibility index (Phi) is 7.02. The molecule has 0 bridgehead atoms. The van der Waals surface area contributed by atoms with Gasteiger partial charge in [0.1, 0.15) is 0 Å². The molecule has 0 aliphatic heterocycles. The molecule has 0 rings (SSSR count). The van der Waals surface area contributed by atoms with Crippen molar-refractivity contribution >= 4 is 12.4 Å². The largest absolute Gasteiger partial charge is 0.483 e. The molecule has 0 aromatic rings. The molecule has 0 heterocycles. The van der Waals surface area contributed by atoms with Crippen LogP contribution < -0.4 is 0 Å². The molecule has 0 radical (unpaired) electrons. The molecule has 0 atom stereocenters. The van der Waals surface area contributed by atoms with Crippen LogP contribution in [0, 0.1) is 10.8 Å². The van der Waals surface area contributed by atoms with Crippen LogP contribution in [0.1, 0.15) is 41.5 Å². The van der Waals surface area contributed by atoms with E-state index >= 15 is 0 Å². The molecule has 0 aromatic heterocycles. The number of rotatable bonds is 1. The average molecular weight is 218 g/mol. The van der Waals surface area contributed by atoms with Crippen molar-refractivity contribution < 1.29 is 19.4 Å². The Morgan fingerprint density at radius 1 is 1.20 bits per heavy atom. The number of ether oxygens (including phenoxy) is 1. The number of carboxylic acid groups (broad SMARTS) is 1. The molecule has 0 unspecified atom stereocenters. The summed E-state index contributed by atoms with van der Waals surface area (Å²) in [6, 6.07) is 0. The van der Waals surface area contributed by atoms with Gasteiger partial charge in [0, 0.05) is 0 Å². The van der Waals surface area contributed by atoms with Gasteiger partial charge in [-0.25, -0.2) is 0 Å². The first-order chi connectivity index (χ1) is 6.54. The highest BCUT2D eigenvalue weighted by Gasteiger charge is 2.24. The monoisotopic (exact) mass is 218 g/mol. The third-order valence-electron chi connectivity index (χ3n) is 1.25. The van der Waals surface area contributed by atoms with E-state index in [1.54, 1.807) is 0 Å². The second kappa shape index (κ2) is 6.43. The molecular formula is C11H22O4. The number of carbonyl (C=O) groups is 2. The van der Waals surface area contributed by atoms with Crippen molar-refractivity contribution in [2.24, 2.45) is 10.8 Å². The van der Waals surface area contributed by atoms with Crippen LogP contribution in [0.3, 0.4) is 0 Å². The van der Waals surface area contributed by atoms with Gasteiger partial charge in [-0.2, -0.15) is 0 Å². The first-order valence-electron chi connectivity index (χ1n) is 4.79. The quantitative estimate of drug-likeness (QED) is 0.542. The Morgan fingerprint density at radius 2 is 1.53 bits per heavy atom. The molecule has 0 spiro atoms. The summed E-state index contributed by atoms with van der Waals surface area (Å²) in [6.45, 7) is 12.0. The Balaban J connectivity index is 0. The summed E-state index contributed by atoms with van der Waals surface area (Å²) < 4.78 is 5.13. The van der Waals surface area contributed by atoms with Gasteiger partial charge in [0.2, 0.25) is 0 Å². The Hall–Kier alpha value is -1.06. The van der Waals surface area contributed by atoms with Crippen molar-refractivity contribution in [1.29, 1.82) is 0 Å². The van der Waals surface area contributed by atoms with Crippen LogP contribution in [-0.4, -0.2) is 24.2 Å². The van der Waals surface area contributed by atoms with Gasteiger partial charge in [-0.1, -0.05) is 20.8 Å². The van der Waals surface area contributed by atoms with Crippen LogP contribution in [0.4, 0.5) is 0 Å². The molecule has 0 aliphatic carbocycles. The molecule has 0 saturated heterocycles. The minimum absolute atomic E-state index is 0.0565. The second-order valence-corrected chi connectivity index (χ2v) is 5.49. The SMILES string of the molecule is CC(C)(C)COC(=O)C(C)(C)C.O=CO. The van der Waals surface area contributed by atoms with Crippen molar-refractivity contribution in [2.45, 2.75) is 41.5 Å². The highest BCUT2D eigenvalue weighted by molar-refractivity contribution is 5.75. The lowest BCUT2D eigenvalue weighted by Crippen LogP contribution is -2.27. The van der Waals surface area contributed by atoms with E-state index in [1.807, 2.05) is 41.5 Å². The standard InChI is InChI=1S/C10H20O2.CH2O2/c1-9(2,3)7-12-8(11)10(4,5)6;2-1-3/h7H2,1-6H3;1H,(H,2,3). The van der Waals surface area contributed by atoms with E-state index in [9.17, 15) is 4.79 Å². The fraction of sp³-hybridized carbons (Fsp3) is 0.818. The van der Waals surface area contributed by atoms with Crippen molar-refractivity contribution in [1.82, 2.24) is 0 Å². The minimum atomic E-state index is -0.384. The van der Waals surface area contributed by atoms with Gasteiger partial charge in [0.25, 0.3) is 6.47 Å². The van der Waals surface area contributed by atoms with Gasteiger partial charge < -0.3 is 9.84 Å². The third kappa shape index (κ3) is 12.9. The fourth-order valence-corrected chi connectivity index (χ4v) is 0.499. The summed E-state index contributed by atoms with van der Waals surface area (Å²) in [5.74, 6) is -0.127. The highest BCUT2D eigenvalue weighted by atomic mass is 16.5. The lowest BCUT2D eigenvalue weighted by molar-refractivity contribution is -0.155. The fourth-order valence-electron chi connectivity index (χ4n) is 0.499. The number of hydrogen-bond donors (Lipinski definition) is 1. The maximum atomic E-state index is 11.3. The van der Waals surface area contributed by atoms with E-state index in [0.717, 1.165) is 0 Å². The third-order valence-corrected chi connectivity index (χ3v) is 1.25. The molecule has 0 aromatic carbocycles. The van der Waals surface area contributed by atoms with Gasteiger partial charge in [0.05, 0.1) is 12.0 Å². The van der Waals surface area contributed by atoms with Gasteiger partial charge in [0.15, 0.2) is 0 Å². The molecule has 0 amide bonds. The zero-order valence-corrected chi connectivity index (χ0v) is 10.5. The van der Waals surface area contributed by atoms with Crippen molar-refractivity contribution in [3.05, 3.63) is 0 Å². The second-order valence-electron chi connectivity index (χ2n) is 5.49. The average Bonchev–Trinajstić information content (AvgIpc) is 1.98.